The number of ether oxygens (including phenoxy) is 2. The van der Waals surface area contributed by atoms with Gasteiger partial charge in [0.15, 0.2) is 5.78 Å². The zero-order valence-corrected chi connectivity index (χ0v) is 10.1. The average molecular weight is 236 g/mol. The molecule has 0 spiro atoms. The summed E-state index contributed by atoms with van der Waals surface area (Å²) in [4.78, 5) is 22.5. The van der Waals surface area contributed by atoms with Gasteiger partial charge in [-0.15, -0.1) is 0 Å². The van der Waals surface area contributed by atoms with Crippen molar-refractivity contribution < 1.29 is 19.1 Å². The molecule has 0 unspecified atom stereocenters. The van der Waals surface area contributed by atoms with Crippen molar-refractivity contribution in [1.82, 2.24) is 0 Å². The van der Waals surface area contributed by atoms with Crippen LogP contribution in [0.5, 0.6) is 5.75 Å². The normalized spacial score (nSPS) is 10.0. The van der Waals surface area contributed by atoms with Gasteiger partial charge in [-0.3, -0.25) is 9.59 Å². The Labute approximate surface area is 101 Å². The molecule has 0 amide bonds. The van der Waals surface area contributed by atoms with E-state index < -0.39 is 0 Å². The van der Waals surface area contributed by atoms with Gasteiger partial charge in [0, 0.05) is 25.7 Å². The molecule has 4 nitrogen and oxygen atoms in total. The molecule has 0 radical (unpaired) electrons. The number of benzene rings is 1. The maximum absolute atomic E-state index is 11.4. The van der Waals surface area contributed by atoms with Crippen molar-refractivity contribution in [1.29, 1.82) is 0 Å². The summed E-state index contributed by atoms with van der Waals surface area (Å²) in [6.45, 7) is 2.00. The SMILES string of the molecule is COCCCC(=O)Oc1cccc(C(C)=O)c1. The van der Waals surface area contributed by atoms with Crippen LogP contribution in [0.15, 0.2) is 24.3 Å². The van der Waals surface area contributed by atoms with Gasteiger partial charge in [-0.1, -0.05) is 12.1 Å². The number of carbonyl (C=O) groups excluding carboxylic acids is 2. The number of carbonyl (C=O) groups is 2. The molecule has 4 heteroatoms. The Morgan fingerprint density at radius 2 is 2.06 bits per heavy atom. The lowest BCUT2D eigenvalue weighted by Crippen LogP contribution is -2.09. The van der Waals surface area contributed by atoms with Crippen molar-refractivity contribution in [2.24, 2.45) is 0 Å². The van der Waals surface area contributed by atoms with Crippen LogP contribution in [0.25, 0.3) is 0 Å². The number of methoxy groups -OCH3 is 1. The van der Waals surface area contributed by atoms with Gasteiger partial charge in [0.05, 0.1) is 0 Å². The largest absolute Gasteiger partial charge is 0.427 e. The first-order valence-electron chi connectivity index (χ1n) is 5.44. The zero-order valence-electron chi connectivity index (χ0n) is 10.1. The highest BCUT2D eigenvalue weighted by Crippen LogP contribution is 2.14. The second-order valence-electron chi connectivity index (χ2n) is 3.65. The Hall–Kier alpha value is -1.68. The standard InChI is InChI=1S/C13H16O4/c1-10(14)11-5-3-6-12(9-11)17-13(15)7-4-8-16-2/h3,5-6,9H,4,7-8H2,1-2H3. The topological polar surface area (TPSA) is 52.6 Å². The fourth-order valence-corrected chi connectivity index (χ4v) is 1.32. The van der Waals surface area contributed by atoms with E-state index in [1.165, 1.54) is 6.92 Å². The first-order valence-corrected chi connectivity index (χ1v) is 5.44. The lowest BCUT2D eigenvalue weighted by molar-refractivity contribution is -0.134. The van der Waals surface area contributed by atoms with Crippen LogP contribution < -0.4 is 4.74 Å². The highest BCUT2D eigenvalue weighted by molar-refractivity contribution is 5.94. The summed E-state index contributed by atoms with van der Waals surface area (Å²) >= 11 is 0. The monoisotopic (exact) mass is 236 g/mol. The minimum atomic E-state index is -0.317. The maximum atomic E-state index is 11.4. The number of hydrogen-bond acceptors (Lipinski definition) is 4. The van der Waals surface area contributed by atoms with Gasteiger partial charge in [0.25, 0.3) is 0 Å². The molecule has 0 aliphatic carbocycles. The van der Waals surface area contributed by atoms with E-state index in [2.05, 4.69) is 0 Å². The van der Waals surface area contributed by atoms with Crippen molar-refractivity contribution in [3.8, 4) is 5.75 Å². The Morgan fingerprint density at radius 3 is 2.71 bits per heavy atom. The summed E-state index contributed by atoms with van der Waals surface area (Å²) in [5.41, 5.74) is 0.534. The molecular formula is C13H16O4. The molecule has 0 fully saturated rings. The molecule has 1 aromatic rings. The molecule has 0 saturated carbocycles. The van der Waals surface area contributed by atoms with Crippen LogP contribution in [0.2, 0.25) is 0 Å². The van der Waals surface area contributed by atoms with E-state index in [4.69, 9.17) is 9.47 Å². The molecule has 1 aromatic carbocycles. The molecule has 92 valence electrons. The van der Waals surface area contributed by atoms with Crippen LogP contribution >= 0.6 is 0 Å². The summed E-state index contributed by atoms with van der Waals surface area (Å²) in [5.74, 6) is 0.0325. The van der Waals surface area contributed by atoms with E-state index in [9.17, 15) is 9.59 Å². The summed E-state index contributed by atoms with van der Waals surface area (Å²) in [5, 5.41) is 0. The summed E-state index contributed by atoms with van der Waals surface area (Å²) in [6, 6.07) is 6.59. The maximum Gasteiger partial charge on any atom is 0.311 e. The van der Waals surface area contributed by atoms with Gasteiger partial charge >= 0.3 is 5.97 Å². The van der Waals surface area contributed by atoms with Crippen LogP contribution in [0, 0.1) is 0 Å². The number of hydrogen-bond donors (Lipinski definition) is 0. The summed E-state index contributed by atoms with van der Waals surface area (Å²) in [7, 11) is 1.58. The summed E-state index contributed by atoms with van der Waals surface area (Å²) < 4.78 is 9.95. The Kier molecular flexibility index (Phi) is 5.36. The molecule has 0 aliphatic rings. The van der Waals surface area contributed by atoms with E-state index in [1.54, 1.807) is 31.4 Å². The van der Waals surface area contributed by atoms with Crippen molar-refractivity contribution in [3.05, 3.63) is 29.8 Å². The molecule has 0 saturated heterocycles. The van der Waals surface area contributed by atoms with Crippen molar-refractivity contribution in [3.63, 3.8) is 0 Å². The predicted octanol–water partition coefficient (Wildman–Crippen LogP) is 2.22. The zero-order chi connectivity index (χ0) is 12.7. The number of ketones is 1. The van der Waals surface area contributed by atoms with Crippen molar-refractivity contribution in [2.45, 2.75) is 19.8 Å². The van der Waals surface area contributed by atoms with Crippen LogP contribution in [0.4, 0.5) is 0 Å². The van der Waals surface area contributed by atoms with Gasteiger partial charge in [-0.2, -0.15) is 0 Å². The average Bonchev–Trinajstić information content (AvgIpc) is 2.29. The van der Waals surface area contributed by atoms with Crippen LogP contribution in [-0.4, -0.2) is 25.5 Å². The first kappa shape index (κ1) is 13.4. The molecule has 1 rings (SSSR count). The van der Waals surface area contributed by atoms with Crippen molar-refractivity contribution in [2.75, 3.05) is 13.7 Å². The van der Waals surface area contributed by atoms with Gasteiger partial charge < -0.3 is 9.47 Å². The third-order valence-electron chi connectivity index (χ3n) is 2.20. The number of Topliss-reactive ketones (excluding diaryl/α,β-unsaturated/α-hetero) is 1. The van der Waals surface area contributed by atoms with E-state index in [0.29, 0.717) is 30.8 Å². The second kappa shape index (κ2) is 6.81. The Bertz CT molecular complexity index is 398. The molecule has 17 heavy (non-hydrogen) atoms. The van der Waals surface area contributed by atoms with Crippen LogP contribution in [0.3, 0.4) is 0 Å². The van der Waals surface area contributed by atoms with Crippen molar-refractivity contribution >= 4 is 11.8 Å². The minimum Gasteiger partial charge on any atom is -0.427 e. The lowest BCUT2D eigenvalue weighted by atomic mass is 10.1. The highest BCUT2D eigenvalue weighted by atomic mass is 16.5. The van der Waals surface area contributed by atoms with Crippen LogP contribution in [0.1, 0.15) is 30.1 Å². The highest BCUT2D eigenvalue weighted by Gasteiger charge is 2.06. The quantitative estimate of drug-likeness (QED) is 0.329. The number of esters is 1. The van der Waals surface area contributed by atoms with Gasteiger partial charge in [-0.25, -0.2) is 0 Å². The van der Waals surface area contributed by atoms with E-state index >= 15 is 0 Å². The molecule has 0 aromatic heterocycles. The Morgan fingerprint density at radius 1 is 1.29 bits per heavy atom. The lowest BCUT2D eigenvalue weighted by Gasteiger charge is -2.05. The first-order chi connectivity index (χ1) is 8.13. The smallest absolute Gasteiger partial charge is 0.311 e. The van der Waals surface area contributed by atoms with E-state index in [0.717, 1.165) is 0 Å². The predicted molar refractivity (Wildman–Crippen MR) is 63.2 cm³/mol. The molecule has 0 atom stereocenters. The van der Waals surface area contributed by atoms with Crippen LogP contribution in [-0.2, 0) is 9.53 Å². The fourth-order valence-electron chi connectivity index (χ4n) is 1.32. The molecule has 0 bridgehead atoms. The second-order valence-corrected chi connectivity index (χ2v) is 3.65. The number of rotatable bonds is 6. The molecule has 0 heterocycles. The van der Waals surface area contributed by atoms with E-state index in [1.807, 2.05) is 0 Å². The fraction of sp³-hybridized carbons (Fsp3) is 0.385. The van der Waals surface area contributed by atoms with Gasteiger partial charge in [0.1, 0.15) is 5.75 Å². The molecule has 0 aliphatic heterocycles. The third-order valence-corrected chi connectivity index (χ3v) is 2.20. The van der Waals surface area contributed by atoms with Gasteiger partial charge in [-0.05, 0) is 25.5 Å². The molecule has 0 N–H and O–H groups in total. The minimum absolute atomic E-state index is 0.0534. The molecular weight excluding hydrogens is 220 g/mol. The van der Waals surface area contributed by atoms with Gasteiger partial charge in [0.2, 0.25) is 0 Å². The third kappa shape index (κ3) is 4.78. The Balaban J connectivity index is 2.53. The van der Waals surface area contributed by atoms with E-state index in [-0.39, 0.29) is 11.8 Å². The summed E-state index contributed by atoms with van der Waals surface area (Å²) in [6.07, 6.45) is 0.930.